The summed E-state index contributed by atoms with van der Waals surface area (Å²) < 4.78 is 0. The Kier molecular flexibility index (Phi) is 9.91. The lowest BCUT2D eigenvalue weighted by molar-refractivity contribution is 0.188. The van der Waals surface area contributed by atoms with E-state index in [0.717, 1.165) is 45.0 Å². The molecule has 0 saturated carbocycles. The minimum Gasteiger partial charge on any atom is -0.391 e. The molecular weight excluding hydrogens is 329 g/mol. The standard InChI is InChI=1S/C12H25N3O.HI/c1-3-5-6-8-14-12(13-4-2)15-9-7-11(16)10-15;/h11,16H,3-10H2,1-2H3,(H,13,14);1H/t11-;/m1./s1. The Morgan fingerprint density at radius 2 is 2.18 bits per heavy atom. The quantitative estimate of drug-likeness (QED) is 0.342. The lowest BCUT2D eigenvalue weighted by Gasteiger charge is -2.20. The highest BCUT2D eigenvalue weighted by atomic mass is 127. The molecule has 4 nitrogen and oxygen atoms in total. The summed E-state index contributed by atoms with van der Waals surface area (Å²) in [6.07, 6.45) is 4.31. The van der Waals surface area contributed by atoms with Gasteiger partial charge in [0.1, 0.15) is 0 Å². The van der Waals surface area contributed by atoms with Gasteiger partial charge in [0.05, 0.1) is 6.10 Å². The minimum atomic E-state index is -0.181. The number of halogens is 1. The van der Waals surface area contributed by atoms with Crippen molar-refractivity contribution in [2.24, 2.45) is 4.99 Å². The predicted octanol–water partition coefficient (Wildman–Crippen LogP) is 1.83. The third kappa shape index (κ3) is 6.45. The molecule has 5 heteroatoms. The first-order chi connectivity index (χ1) is 7.77. The normalized spacial score (nSPS) is 20.3. The van der Waals surface area contributed by atoms with Crippen LogP contribution >= 0.6 is 24.0 Å². The first-order valence-corrected chi connectivity index (χ1v) is 6.49. The number of hydrogen-bond donors (Lipinski definition) is 2. The van der Waals surface area contributed by atoms with Crippen LogP contribution in [0, 0.1) is 0 Å². The number of guanidine groups is 1. The summed E-state index contributed by atoms with van der Waals surface area (Å²) in [5.74, 6) is 0.968. The number of β-amino-alcohol motifs (C(OH)–C–C–N with tert-alkyl or cyclic N) is 1. The van der Waals surface area contributed by atoms with E-state index in [2.05, 4.69) is 29.1 Å². The van der Waals surface area contributed by atoms with Crippen molar-refractivity contribution in [2.45, 2.75) is 45.6 Å². The molecule has 0 bridgehead atoms. The smallest absolute Gasteiger partial charge is 0.194 e. The van der Waals surface area contributed by atoms with Crippen LogP contribution in [0.25, 0.3) is 0 Å². The molecule has 0 aromatic heterocycles. The number of rotatable bonds is 5. The van der Waals surface area contributed by atoms with E-state index in [1.807, 2.05) is 0 Å². The Balaban J connectivity index is 0.00000256. The van der Waals surface area contributed by atoms with E-state index < -0.39 is 0 Å². The Labute approximate surface area is 122 Å². The van der Waals surface area contributed by atoms with Gasteiger partial charge in [-0.2, -0.15) is 0 Å². The predicted molar refractivity (Wildman–Crippen MR) is 83.1 cm³/mol. The fourth-order valence-electron chi connectivity index (χ4n) is 1.91. The summed E-state index contributed by atoms with van der Waals surface area (Å²) in [4.78, 5) is 6.74. The van der Waals surface area contributed by atoms with Gasteiger partial charge in [0, 0.05) is 26.2 Å². The van der Waals surface area contributed by atoms with Gasteiger partial charge >= 0.3 is 0 Å². The molecule has 1 fully saturated rings. The summed E-state index contributed by atoms with van der Waals surface area (Å²) in [6.45, 7) is 7.70. The molecule has 1 atom stereocenters. The van der Waals surface area contributed by atoms with Crippen molar-refractivity contribution in [3.8, 4) is 0 Å². The minimum absolute atomic E-state index is 0. The molecule has 1 heterocycles. The van der Waals surface area contributed by atoms with Crippen molar-refractivity contribution in [2.75, 3.05) is 26.2 Å². The second kappa shape index (κ2) is 9.94. The third-order valence-electron chi connectivity index (χ3n) is 2.82. The Morgan fingerprint density at radius 1 is 1.41 bits per heavy atom. The fourth-order valence-corrected chi connectivity index (χ4v) is 1.91. The van der Waals surface area contributed by atoms with Crippen LogP contribution in [0.3, 0.4) is 0 Å². The van der Waals surface area contributed by atoms with E-state index in [0.29, 0.717) is 0 Å². The number of aliphatic hydroxyl groups is 1. The topological polar surface area (TPSA) is 47.9 Å². The van der Waals surface area contributed by atoms with Crippen molar-refractivity contribution in [1.29, 1.82) is 0 Å². The first-order valence-electron chi connectivity index (χ1n) is 6.49. The van der Waals surface area contributed by atoms with Crippen molar-refractivity contribution in [1.82, 2.24) is 10.2 Å². The maximum atomic E-state index is 9.50. The van der Waals surface area contributed by atoms with Gasteiger partial charge in [0.15, 0.2) is 5.96 Å². The van der Waals surface area contributed by atoms with Crippen LogP contribution in [-0.2, 0) is 0 Å². The average Bonchev–Trinajstić information content (AvgIpc) is 2.69. The molecule has 1 aliphatic rings. The fraction of sp³-hybridized carbons (Fsp3) is 0.917. The lowest BCUT2D eigenvalue weighted by atomic mass is 10.2. The zero-order chi connectivity index (χ0) is 11.8. The monoisotopic (exact) mass is 355 g/mol. The Morgan fingerprint density at radius 3 is 2.71 bits per heavy atom. The molecule has 102 valence electrons. The first kappa shape index (κ1) is 17.0. The van der Waals surface area contributed by atoms with E-state index in [1.54, 1.807) is 0 Å². The van der Waals surface area contributed by atoms with E-state index in [9.17, 15) is 5.11 Å². The van der Waals surface area contributed by atoms with Crippen LogP contribution in [0.15, 0.2) is 4.99 Å². The number of unbranched alkanes of at least 4 members (excludes halogenated alkanes) is 2. The van der Waals surface area contributed by atoms with E-state index in [1.165, 1.54) is 12.8 Å². The van der Waals surface area contributed by atoms with E-state index in [-0.39, 0.29) is 30.1 Å². The number of likely N-dealkylation sites (tertiary alicyclic amines) is 1. The maximum Gasteiger partial charge on any atom is 0.194 e. The SMILES string of the molecule is CCCCCN=C(NCC)N1CC[C@@H](O)C1.I. The second-order valence-electron chi connectivity index (χ2n) is 4.33. The van der Waals surface area contributed by atoms with Gasteiger partial charge in [-0.3, -0.25) is 4.99 Å². The molecule has 0 aromatic carbocycles. The molecule has 17 heavy (non-hydrogen) atoms. The van der Waals surface area contributed by atoms with Gasteiger partial charge in [-0.25, -0.2) is 0 Å². The van der Waals surface area contributed by atoms with Crippen LogP contribution < -0.4 is 5.32 Å². The number of hydrogen-bond acceptors (Lipinski definition) is 2. The molecule has 0 spiro atoms. The molecule has 0 aromatic rings. The zero-order valence-electron chi connectivity index (χ0n) is 11.0. The Bertz CT molecular complexity index is 224. The van der Waals surface area contributed by atoms with E-state index >= 15 is 0 Å². The number of aliphatic imine (C=N–C) groups is 1. The number of aliphatic hydroxyl groups excluding tert-OH is 1. The second-order valence-corrected chi connectivity index (χ2v) is 4.33. The molecule has 1 saturated heterocycles. The number of nitrogens with one attached hydrogen (secondary N) is 1. The average molecular weight is 355 g/mol. The third-order valence-corrected chi connectivity index (χ3v) is 2.82. The summed E-state index contributed by atoms with van der Waals surface area (Å²) in [5, 5.41) is 12.8. The van der Waals surface area contributed by atoms with Gasteiger partial charge in [0.2, 0.25) is 0 Å². The van der Waals surface area contributed by atoms with Gasteiger partial charge < -0.3 is 15.3 Å². The van der Waals surface area contributed by atoms with Gasteiger partial charge in [0.25, 0.3) is 0 Å². The van der Waals surface area contributed by atoms with Crippen molar-refractivity contribution in [3.63, 3.8) is 0 Å². The summed E-state index contributed by atoms with van der Waals surface area (Å²) in [7, 11) is 0. The molecule has 2 N–H and O–H groups in total. The summed E-state index contributed by atoms with van der Waals surface area (Å²) >= 11 is 0. The highest BCUT2D eigenvalue weighted by Gasteiger charge is 2.22. The molecule has 1 rings (SSSR count). The largest absolute Gasteiger partial charge is 0.391 e. The van der Waals surface area contributed by atoms with Gasteiger partial charge in [-0.05, 0) is 19.8 Å². The Hall–Kier alpha value is -0.0400. The number of nitrogens with zero attached hydrogens (tertiary/aromatic N) is 2. The van der Waals surface area contributed by atoms with Crippen LogP contribution in [0.4, 0.5) is 0 Å². The van der Waals surface area contributed by atoms with Crippen molar-refractivity contribution < 1.29 is 5.11 Å². The van der Waals surface area contributed by atoms with Crippen LogP contribution in [0.1, 0.15) is 39.5 Å². The molecular formula is C12H26IN3O. The van der Waals surface area contributed by atoms with Gasteiger partial charge in [-0.15, -0.1) is 24.0 Å². The van der Waals surface area contributed by atoms with Gasteiger partial charge in [-0.1, -0.05) is 19.8 Å². The van der Waals surface area contributed by atoms with Crippen molar-refractivity contribution in [3.05, 3.63) is 0 Å². The van der Waals surface area contributed by atoms with Crippen molar-refractivity contribution >= 4 is 29.9 Å². The lowest BCUT2D eigenvalue weighted by Crippen LogP contribution is -2.40. The maximum absolute atomic E-state index is 9.50. The zero-order valence-corrected chi connectivity index (χ0v) is 13.3. The molecule has 0 unspecified atom stereocenters. The highest BCUT2D eigenvalue weighted by molar-refractivity contribution is 14.0. The highest BCUT2D eigenvalue weighted by Crippen LogP contribution is 2.08. The summed E-state index contributed by atoms with van der Waals surface area (Å²) in [5.41, 5.74) is 0. The summed E-state index contributed by atoms with van der Waals surface area (Å²) in [6, 6.07) is 0. The van der Waals surface area contributed by atoms with Crippen LogP contribution in [-0.4, -0.2) is 48.2 Å². The van der Waals surface area contributed by atoms with Crippen LogP contribution in [0.2, 0.25) is 0 Å². The molecule has 0 amide bonds. The molecule has 1 aliphatic heterocycles. The molecule has 0 radical (unpaired) electrons. The molecule has 0 aliphatic carbocycles. The van der Waals surface area contributed by atoms with E-state index in [4.69, 9.17) is 0 Å². The van der Waals surface area contributed by atoms with Crippen LogP contribution in [0.5, 0.6) is 0 Å².